The molecule has 0 bridgehead atoms. The van der Waals surface area contributed by atoms with Crippen LogP contribution >= 0.6 is 11.6 Å². The fraction of sp³-hybridized carbons (Fsp3) is 0.143. The van der Waals surface area contributed by atoms with Crippen LogP contribution in [-0.4, -0.2) is 23.1 Å². The molecule has 0 aliphatic rings. The predicted octanol–water partition coefficient (Wildman–Crippen LogP) is 2.47. The summed E-state index contributed by atoms with van der Waals surface area (Å²) < 4.78 is 0. The molecule has 0 aliphatic heterocycles. The second-order valence-corrected chi connectivity index (χ2v) is 4.77. The maximum Gasteiger partial charge on any atom is 0.170 e. The second-order valence-electron chi connectivity index (χ2n) is 4.36. The lowest BCUT2D eigenvalue weighted by atomic mass is 10.1. The van der Waals surface area contributed by atoms with Gasteiger partial charge in [0.25, 0.3) is 0 Å². The topological polar surface area (TPSA) is 74.7 Å². The Morgan fingerprint density at radius 3 is 2.95 bits per heavy atom. The highest BCUT2D eigenvalue weighted by Gasteiger charge is 2.07. The quantitative estimate of drug-likeness (QED) is 0.393. The summed E-state index contributed by atoms with van der Waals surface area (Å²) in [5.41, 5.74) is 8.19. The Labute approximate surface area is 122 Å². The molecule has 2 rings (SSSR count). The molecule has 1 aromatic heterocycles. The van der Waals surface area contributed by atoms with Gasteiger partial charge in [0.15, 0.2) is 5.84 Å². The van der Waals surface area contributed by atoms with E-state index in [2.05, 4.69) is 10.1 Å². The van der Waals surface area contributed by atoms with Crippen LogP contribution in [0.3, 0.4) is 0 Å². The first-order valence-corrected chi connectivity index (χ1v) is 6.37. The predicted molar refractivity (Wildman–Crippen MR) is 80.3 cm³/mol. The highest BCUT2D eigenvalue weighted by Crippen LogP contribution is 2.20. The van der Waals surface area contributed by atoms with Crippen LogP contribution in [0.1, 0.15) is 11.1 Å². The third kappa shape index (κ3) is 3.19. The third-order valence-corrected chi connectivity index (χ3v) is 3.29. The Hall–Kier alpha value is -2.27. The van der Waals surface area contributed by atoms with Crippen molar-refractivity contribution >= 4 is 23.1 Å². The van der Waals surface area contributed by atoms with E-state index in [1.807, 2.05) is 36.2 Å². The molecule has 3 N–H and O–H groups in total. The van der Waals surface area contributed by atoms with Crippen LogP contribution in [0, 0.1) is 0 Å². The lowest BCUT2D eigenvalue weighted by Crippen LogP contribution is -2.18. The van der Waals surface area contributed by atoms with Crippen molar-refractivity contribution < 1.29 is 5.21 Å². The molecular weight excluding hydrogens is 276 g/mol. The summed E-state index contributed by atoms with van der Waals surface area (Å²) in [5.74, 6) is 0.0854. The van der Waals surface area contributed by atoms with Gasteiger partial charge in [0.05, 0.1) is 5.02 Å². The van der Waals surface area contributed by atoms with Crippen molar-refractivity contribution in [3.63, 3.8) is 0 Å². The van der Waals surface area contributed by atoms with Crippen LogP contribution in [0.2, 0.25) is 5.02 Å². The summed E-state index contributed by atoms with van der Waals surface area (Å²) in [7, 11) is 1.95. The average molecular weight is 291 g/mol. The number of rotatable bonds is 4. The van der Waals surface area contributed by atoms with E-state index in [1.165, 1.54) is 0 Å². The highest BCUT2D eigenvalue weighted by atomic mass is 35.5. The van der Waals surface area contributed by atoms with Gasteiger partial charge in [0.2, 0.25) is 0 Å². The zero-order valence-corrected chi connectivity index (χ0v) is 11.7. The van der Waals surface area contributed by atoms with Crippen LogP contribution in [0.25, 0.3) is 0 Å². The number of pyridine rings is 1. The molecule has 0 fully saturated rings. The van der Waals surface area contributed by atoms with E-state index < -0.39 is 0 Å². The highest BCUT2D eigenvalue weighted by molar-refractivity contribution is 6.31. The van der Waals surface area contributed by atoms with Crippen LogP contribution < -0.4 is 10.6 Å². The molecular formula is C14H15ClN4O. The summed E-state index contributed by atoms with van der Waals surface area (Å²) >= 11 is 6.10. The Morgan fingerprint density at radius 2 is 2.25 bits per heavy atom. The number of nitrogens with zero attached hydrogens (tertiary/aromatic N) is 3. The van der Waals surface area contributed by atoms with Crippen molar-refractivity contribution in [1.29, 1.82) is 0 Å². The Kier molecular flexibility index (Phi) is 4.42. The molecule has 0 saturated carbocycles. The van der Waals surface area contributed by atoms with E-state index in [4.69, 9.17) is 22.5 Å². The fourth-order valence-corrected chi connectivity index (χ4v) is 2.02. The monoisotopic (exact) mass is 290 g/mol. The first kappa shape index (κ1) is 14.1. The molecule has 0 aliphatic carbocycles. The molecule has 6 heteroatoms. The van der Waals surface area contributed by atoms with E-state index in [1.54, 1.807) is 18.5 Å². The number of aromatic nitrogens is 1. The zero-order chi connectivity index (χ0) is 14.5. The summed E-state index contributed by atoms with van der Waals surface area (Å²) in [6, 6.07) is 9.32. The molecule has 1 heterocycles. The number of hydrogen-bond donors (Lipinski definition) is 2. The molecule has 0 unspecified atom stereocenters. The number of oxime groups is 1. The van der Waals surface area contributed by atoms with Gasteiger partial charge in [-0.25, -0.2) is 0 Å². The van der Waals surface area contributed by atoms with E-state index in [0.717, 1.165) is 11.3 Å². The van der Waals surface area contributed by atoms with Crippen molar-refractivity contribution in [2.75, 3.05) is 11.9 Å². The molecule has 0 radical (unpaired) electrons. The summed E-state index contributed by atoms with van der Waals surface area (Å²) in [6.07, 6.45) is 3.33. The van der Waals surface area contributed by atoms with Crippen molar-refractivity contribution in [3.05, 3.63) is 58.9 Å². The molecule has 1 aromatic carbocycles. The zero-order valence-electron chi connectivity index (χ0n) is 11.0. The van der Waals surface area contributed by atoms with E-state index in [9.17, 15) is 0 Å². The van der Waals surface area contributed by atoms with Gasteiger partial charge in [-0.2, -0.15) is 0 Å². The van der Waals surface area contributed by atoms with Crippen molar-refractivity contribution in [2.45, 2.75) is 6.54 Å². The summed E-state index contributed by atoms with van der Waals surface area (Å²) in [5, 5.41) is 12.3. The maximum absolute atomic E-state index is 8.71. The van der Waals surface area contributed by atoms with Gasteiger partial charge in [-0.3, -0.25) is 4.98 Å². The number of nitrogens with two attached hydrogens (primary N) is 1. The van der Waals surface area contributed by atoms with Crippen molar-refractivity contribution in [3.8, 4) is 0 Å². The average Bonchev–Trinajstić information content (AvgIpc) is 2.49. The first-order valence-electron chi connectivity index (χ1n) is 5.99. The molecule has 0 amide bonds. The van der Waals surface area contributed by atoms with Crippen molar-refractivity contribution in [2.24, 2.45) is 10.9 Å². The minimum absolute atomic E-state index is 0.0854. The fourth-order valence-electron chi connectivity index (χ4n) is 1.84. The van der Waals surface area contributed by atoms with Gasteiger partial charge in [-0.15, -0.1) is 0 Å². The molecule has 2 aromatic rings. The van der Waals surface area contributed by atoms with Gasteiger partial charge in [0.1, 0.15) is 0 Å². The molecule has 0 spiro atoms. The SMILES string of the molecule is CN(Cc1ccncc1Cl)c1cccc(C(N)=NO)c1. The Morgan fingerprint density at radius 1 is 1.45 bits per heavy atom. The Bertz CT molecular complexity index is 630. The van der Waals surface area contributed by atoms with Crippen LogP contribution in [0.5, 0.6) is 0 Å². The first-order chi connectivity index (χ1) is 9.61. The minimum Gasteiger partial charge on any atom is -0.409 e. The van der Waals surface area contributed by atoms with Gasteiger partial charge < -0.3 is 15.8 Å². The molecule has 0 saturated heterocycles. The van der Waals surface area contributed by atoms with Gasteiger partial charge in [-0.05, 0) is 23.8 Å². The summed E-state index contributed by atoms with van der Waals surface area (Å²) in [4.78, 5) is 5.99. The van der Waals surface area contributed by atoms with Crippen LogP contribution in [0.4, 0.5) is 5.69 Å². The molecule has 0 atom stereocenters. The number of amidine groups is 1. The normalized spacial score (nSPS) is 11.4. The van der Waals surface area contributed by atoms with E-state index >= 15 is 0 Å². The molecule has 20 heavy (non-hydrogen) atoms. The summed E-state index contributed by atoms with van der Waals surface area (Å²) in [6.45, 7) is 0.640. The van der Waals surface area contributed by atoms with E-state index in [-0.39, 0.29) is 5.84 Å². The third-order valence-electron chi connectivity index (χ3n) is 2.95. The Balaban J connectivity index is 2.21. The lowest BCUT2D eigenvalue weighted by molar-refractivity contribution is 0.318. The largest absolute Gasteiger partial charge is 0.409 e. The van der Waals surface area contributed by atoms with Crippen LogP contribution in [0.15, 0.2) is 47.9 Å². The molecule has 5 nitrogen and oxygen atoms in total. The molecule has 104 valence electrons. The van der Waals surface area contributed by atoms with Gasteiger partial charge >= 0.3 is 0 Å². The number of anilines is 1. The minimum atomic E-state index is 0.0854. The number of halogens is 1. The lowest BCUT2D eigenvalue weighted by Gasteiger charge is -2.20. The number of hydrogen-bond acceptors (Lipinski definition) is 4. The van der Waals surface area contributed by atoms with Crippen molar-refractivity contribution in [1.82, 2.24) is 4.98 Å². The van der Waals surface area contributed by atoms with Crippen LogP contribution in [-0.2, 0) is 6.54 Å². The van der Waals surface area contributed by atoms with Gasteiger partial charge in [0, 0.05) is 37.2 Å². The maximum atomic E-state index is 8.71. The number of benzene rings is 1. The van der Waals surface area contributed by atoms with Gasteiger partial charge in [-0.1, -0.05) is 28.9 Å². The standard InChI is InChI=1S/C14H15ClN4O/c1-19(9-11-5-6-17-8-13(11)15)12-4-2-3-10(7-12)14(16)18-20/h2-8,20H,9H2,1H3,(H2,16,18). The van der Waals surface area contributed by atoms with E-state index in [0.29, 0.717) is 17.1 Å². The second kappa shape index (κ2) is 6.25. The smallest absolute Gasteiger partial charge is 0.170 e.